The number of carbonyl (C=O) groups excluding carboxylic acids is 1. The van der Waals surface area contributed by atoms with E-state index in [9.17, 15) is 19.1 Å². The first kappa shape index (κ1) is 24.0. The molecule has 2 fully saturated rings. The summed E-state index contributed by atoms with van der Waals surface area (Å²) in [6, 6.07) is 7.72. The number of aryl methyl sites for hydroxylation is 1. The van der Waals surface area contributed by atoms with Crippen molar-refractivity contribution in [1.29, 1.82) is 0 Å². The average Bonchev–Trinajstić information content (AvgIpc) is 3.19. The van der Waals surface area contributed by atoms with E-state index in [1.54, 1.807) is 19.9 Å². The van der Waals surface area contributed by atoms with E-state index in [4.69, 9.17) is 0 Å². The molecule has 35 heavy (non-hydrogen) atoms. The molecule has 5 rings (SSSR count). The minimum atomic E-state index is -1.01. The van der Waals surface area contributed by atoms with Gasteiger partial charge < -0.3 is 10.4 Å². The van der Waals surface area contributed by atoms with Crippen molar-refractivity contribution in [2.24, 2.45) is 22.7 Å². The van der Waals surface area contributed by atoms with Gasteiger partial charge in [0.15, 0.2) is 0 Å². The molecule has 186 valence electrons. The van der Waals surface area contributed by atoms with E-state index in [0.29, 0.717) is 29.2 Å². The van der Waals surface area contributed by atoms with Gasteiger partial charge in [-0.25, -0.2) is 4.39 Å². The third-order valence-electron chi connectivity index (χ3n) is 9.39. The molecule has 2 N–H and O–H groups in total. The van der Waals surface area contributed by atoms with Gasteiger partial charge in [-0.05, 0) is 116 Å². The van der Waals surface area contributed by atoms with Crippen LogP contribution in [-0.2, 0) is 11.2 Å². The van der Waals surface area contributed by atoms with Gasteiger partial charge in [-0.15, -0.1) is 0 Å². The predicted octanol–water partition coefficient (Wildman–Crippen LogP) is 5.70. The molecule has 2 saturated carbocycles. The molecule has 1 aromatic heterocycles. The molecular formula is C29H35FN2O3. The summed E-state index contributed by atoms with van der Waals surface area (Å²) in [6.07, 6.45) is 9.71. The molecule has 0 saturated heterocycles. The second-order valence-electron chi connectivity index (χ2n) is 11.8. The SMILES string of the molecule is CC(C)(CNC(=O)c1ccc2c(c1)CC[C@@H]1[C@@H]2CC[C@]2(C)[C@@H](c3cncc(F)c3)CC[C@@H]12)C(=O)O. The van der Waals surface area contributed by atoms with Gasteiger partial charge in [-0.3, -0.25) is 14.6 Å². The zero-order valence-electron chi connectivity index (χ0n) is 20.8. The summed E-state index contributed by atoms with van der Waals surface area (Å²) in [7, 11) is 0. The van der Waals surface area contributed by atoms with Crippen molar-refractivity contribution in [3.8, 4) is 0 Å². The molecule has 3 aliphatic carbocycles. The highest BCUT2D eigenvalue weighted by Gasteiger charge is 2.55. The van der Waals surface area contributed by atoms with E-state index in [2.05, 4.69) is 23.3 Å². The summed E-state index contributed by atoms with van der Waals surface area (Å²) in [6.45, 7) is 5.72. The van der Waals surface area contributed by atoms with E-state index in [1.807, 2.05) is 18.3 Å². The van der Waals surface area contributed by atoms with Crippen LogP contribution < -0.4 is 5.32 Å². The molecule has 2 aromatic rings. The number of aromatic nitrogens is 1. The van der Waals surface area contributed by atoms with E-state index < -0.39 is 11.4 Å². The summed E-state index contributed by atoms with van der Waals surface area (Å²) in [5.41, 5.74) is 3.44. The topological polar surface area (TPSA) is 79.3 Å². The van der Waals surface area contributed by atoms with Crippen LogP contribution in [-0.4, -0.2) is 28.5 Å². The number of nitrogens with one attached hydrogen (secondary N) is 1. The Hall–Kier alpha value is -2.76. The highest BCUT2D eigenvalue weighted by Crippen LogP contribution is 2.65. The van der Waals surface area contributed by atoms with Crippen LogP contribution in [0.25, 0.3) is 0 Å². The molecular weight excluding hydrogens is 443 g/mol. The number of fused-ring (bicyclic) bond motifs is 5. The fourth-order valence-corrected chi connectivity index (χ4v) is 7.37. The van der Waals surface area contributed by atoms with Crippen molar-refractivity contribution >= 4 is 11.9 Å². The van der Waals surface area contributed by atoms with Crippen LogP contribution in [0.4, 0.5) is 4.39 Å². The van der Waals surface area contributed by atoms with Crippen LogP contribution in [0.5, 0.6) is 0 Å². The second kappa shape index (κ2) is 8.72. The van der Waals surface area contributed by atoms with Gasteiger partial charge in [0.1, 0.15) is 5.82 Å². The number of amides is 1. The summed E-state index contributed by atoms with van der Waals surface area (Å²) in [5.74, 6) is 0.696. The standard InChI is InChI=1S/C29H35FN2O3/c1-28(2,27(34)35)16-32-26(33)18-5-6-21-17(12-18)4-7-23-22(21)10-11-29(3)24(8-9-25(23)29)19-13-20(30)15-31-14-19/h5-6,12-15,22-25H,4,7-11,16H2,1-3H3,(H,32,33)(H,34,35)/t22-,23-,24-,25+,29-/m1/s1. The maximum Gasteiger partial charge on any atom is 0.310 e. The fraction of sp³-hybridized carbons (Fsp3) is 0.552. The maximum absolute atomic E-state index is 13.9. The third kappa shape index (κ3) is 4.15. The zero-order valence-corrected chi connectivity index (χ0v) is 20.8. The number of rotatable bonds is 5. The van der Waals surface area contributed by atoms with E-state index in [-0.39, 0.29) is 23.7 Å². The van der Waals surface area contributed by atoms with Crippen molar-refractivity contribution in [1.82, 2.24) is 10.3 Å². The van der Waals surface area contributed by atoms with Crippen molar-refractivity contribution in [2.45, 2.75) is 71.1 Å². The van der Waals surface area contributed by atoms with Gasteiger partial charge in [0.2, 0.25) is 0 Å². The zero-order chi connectivity index (χ0) is 25.0. The number of hydrogen-bond acceptors (Lipinski definition) is 3. The third-order valence-corrected chi connectivity index (χ3v) is 9.39. The molecule has 1 aromatic carbocycles. The lowest BCUT2D eigenvalue weighted by atomic mass is 9.53. The summed E-state index contributed by atoms with van der Waals surface area (Å²) < 4.78 is 13.9. The molecule has 3 aliphatic rings. The first-order chi connectivity index (χ1) is 16.6. The first-order valence-corrected chi connectivity index (χ1v) is 12.8. The molecule has 1 amide bonds. The Morgan fingerprint density at radius 3 is 2.71 bits per heavy atom. The molecule has 0 bridgehead atoms. The molecule has 5 atom stereocenters. The van der Waals surface area contributed by atoms with Crippen LogP contribution in [0.3, 0.4) is 0 Å². The molecule has 0 spiro atoms. The van der Waals surface area contributed by atoms with Gasteiger partial charge in [-0.2, -0.15) is 0 Å². The molecule has 0 aliphatic heterocycles. The quantitative estimate of drug-likeness (QED) is 0.578. The molecule has 6 heteroatoms. The van der Waals surface area contributed by atoms with Crippen LogP contribution >= 0.6 is 0 Å². The monoisotopic (exact) mass is 478 g/mol. The Morgan fingerprint density at radius 2 is 1.97 bits per heavy atom. The number of halogens is 1. The summed E-state index contributed by atoms with van der Waals surface area (Å²) in [5, 5.41) is 12.1. The number of carboxylic acids is 1. The number of carboxylic acid groups (broad SMARTS) is 1. The lowest BCUT2D eigenvalue weighted by molar-refractivity contribution is -0.146. The van der Waals surface area contributed by atoms with Crippen molar-refractivity contribution in [2.75, 3.05) is 6.54 Å². The van der Waals surface area contributed by atoms with Crippen LogP contribution in [0.2, 0.25) is 0 Å². The van der Waals surface area contributed by atoms with Crippen molar-refractivity contribution in [3.63, 3.8) is 0 Å². The maximum atomic E-state index is 13.9. The Kier molecular flexibility index (Phi) is 5.97. The minimum absolute atomic E-state index is 0.0885. The van der Waals surface area contributed by atoms with Gasteiger partial charge in [0, 0.05) is 18.3 Å². The smallest absolute Gasteiger partial charge is 0.310 e. The summed E-state index contributed by atoms with van der Waals surface area (Å²) in [4.78, 5) is 28.2. The van der Waals surface area contributed by atoms with Crippen LogP contribution in [0, 0.1) is 28.5 Å². The fourth-order valence-electron chi connectivity index (χ4n) is 7.37. The molecule has 0 unspecified atom stereocenters. The molecule has 5 nitrogen and oxygen atoms in total. The normalized spacial score (nSPS) is 29.6. The number of hydrogen-bond donors (Lipinski definition) is 2. The number of nitrogens with zero attached hydrogens (tertiary/aromatic N) is 1. The first-order valence-electron chi connectivity index (χ1n) is 12.8. The Bertz CT molecular complexity index is 1160. The average molecular weight is 479 g/mol. The second-order valence-corrected chi connectivity index (χ2v) is 11.8. The number of benzene rings is 1. The van der Waals surface area contributed by atoms with Crippen molar-refractivity contribution < 1.29 is 19.1 Å². The van der Waals surface area contributed by atoms with E-state index in [0.717, 1.165) is 37.7 Å². The highest BCUT2D eigenvalue weighted by molar-refractivity contribution is 5.94. The van der Waals surface area contributed by atoms with Crippen molar-refractivity contribution in [3.05, 3.63) is 64.7 Å². The molecule has 1 heterocycles. The Morgan fingerprint density at radius 1 is 1.17 bits per heavy atom. The number of carbonyl (C=O) groups is 2. The van der Waals surface area contributed by atoms with Gasteiger partial charge in [-0.1, -0.05) is 13.0 Å². The number of aliphatic carboxylic acids is 1. The van der Waals surface area contributed by atoms with E-state index >= 15 is 0 Å². The Labute approximate surface area is 206 Å². The predicted molar refractivity (Wildman–Crippen MR) is 132 cm³/mol. The van der Waals surface area contributed by atoms with Gasteiger partial charge >= 0.3 is 5.97 Å². The highest BCUT2D eigenvalue weighted by atomic mass is 19.1. The Balaban J connectivity index is 1.33. The van der Waals surface area contributed by atoms with Crippen LogP contribution in [0.1, 0.15) is 91.8 Å². The van der Waals surface area contributed by atoms with Gasteiger partial charge in [0.25, 0.3) is 5.91 Å². The van der Waals surface area contributed by atoms with Gasteiger partial charge in [0.05, 0.1) is 11.6 Å². The largest absolute Gasteiger partial charge is 0.481 e. The van der Waals surface area contributed by atoms with E-state index in [1.165, 1.54) is 23.7 Å². The lowest BCUT2D eigenvalue weighted by Gasteiger charge is -2.51. The lowest BCUT2D eigenvalue weighted by Crippen LogP contribution is -2.42. The minimum Gasteiger partial charge on any atom is -0.481 e. The van der Waals surface area contributed by atoms with Crippen LogP contribution in [0.15, 0.2) is 36.7 Å². The number of pyridine rings is 1. The summed E-state index contributed by atoms with van der Waals surface area (Å²) >= 11 is 0. The molecule has 0 radical (unpaired) electrons.